The molecule has 0 N–H and O–H groups in total. The van der Waals surface area contributed by atoms with Crippen molar-refractivity contribution >= 4 is 5.78 Å². The van der Waals surface area contributed by atoms with E-state index in [-0.39, 0.29) is 11.8 Å². The van der Waals surface area contributed by atoms with E-state index in [0.717, 1.165) is 25.0 Å². The molecule has 1 aromatic rings. The van der Waals surface area contributed by atoms with E-state index in [1.54, 1.807) is 6.20 Å². The quantitative estimate of drug-likeness (QED) is 0.790. The van der Waals surface area contributed by atoms with E-state index < -0.39 is 0 Å². The number of pyridine rings is 1. The standard InChI is InChI=1S/C15H21NO/c1-2-13(14-10-6-7-11-16-14)15(17)12-8-4-3-5-9-12/h6-7,10-13H,2-5,8-9H2,1H3. The molecule has 1 fully saturated rings. The summed E-state index contributed by atoms with van der Waals surface area (Å²) < 4.78 is 0. The van der Waals surface area contributed by atoms with Gasteiger partial charge in [0.25, 0.3) is 0 Å². The molecule has 1 atom stereocenters. The Labute approximate surface area is 103 Å². The number of nitrogens with zero attached hydrogens (tertiary/aromatic N) is 1. The number of ketones is 1. The lowest BCUT2D eigenvalue weighted by Crippen LogP contribution is -2.24. The average molecular weight is 231 g/mol. The monoisotopic (exact) mass is 231 g/mol. The molecule has 0 aromatic carbocycles. The predicted molar refractivity (Wildman–Crippen MR) is 68.9 cm³/mol. The van der Waals surface area contributed by atoms with Crippen LogP contribution in [0.3, 0.4) is 0 Å². The summed E-state index contributed by atoms with van der Waals surface area (Å²) in [5.74, 6) is 0.723. The fourth-order valence-electron chi connectivity index (χ4n) is 2.81. The molecule has 1 aliphatic rings. The van der Waals surface area contributed by atoms with Crippen LogP contribution in [0.25, 0.3) is 0 Å². The van der Waals surface area contributed by atoms with Gasteiger partial charge in [-0.15, -0.1) is 0 Å². The normalized spacial score (nSPS) is 18.9. The zero-order valence-corrected chi connectivity index (χ0v) is 10.6. The third kappa shape index (κ3) is 2.93. The van der Waals surface area contributed by atoms with Crippen LogP contribution in [-0.2, 0) is 4.79 Å². The third-order valence-electron chi connectivity index (χ3n) is 3.80. The smallest absolute Gasteiger partial charge is 0.144 e. The minimum atomic E-state index is 0.0132. The Morgan fingerprint density at radius 1 is 1.35 bits per heavy atom. The average Bonchev–Trinajstić information content (AvgIpc) is 2.42. The van der Waals surface area contributed by atoms with E-state index in [0.29, 0.717) is 5.78 Å². The van der Waals surface area contributed by atoms with Crippen LogP contribution >= 0.6 is 0 Å². The highest BCUT2D eigenvalue weighted by molar-refractivity contribution is 5.87. The second-order valence-corrected chi connectivity index (χ2v) is 4.95. The zero-order chi connectivity index (χ0) is 12.1. The summed E-state index contributed by atoms with van der Waals surface area (Å²) >= 11 is 0. The van der Waals surface area contributed by atoms with Gasteiger partial charge in [-0.25, -0.2) is 0 Å². The Bertz CT molecular complexity index is 354. The van der Waals surface area contributed by atoms with Gasteiger partial charge < -0.3 is 0 Å². The first-order chi connectivity index (χ1) is 8.33. The lowest BCUT2D eigenvalue weighted by atomic mass is 9.80. The van der Waals surface area contributed by atoms with Crippen LogP contribution < -0.4 is 0 Å². The molecule has 0 spiro atoms. The number of aromatic nitrogens is 1. The molecule has 1 aliphatic carbocycles. The van der Waals surface area contributed by atoms with E-state index in [9.17, 15) is 4.79 Å². The third-order valence-corrected chi connectivity index (χ3v) is 3.80. The topological polar surface area (TPSA) is 30.0 Å². The summed E-state index contributed by atoms with van der Waals surface area (Å²) in [4.78, 5) is 16.8. The van der Waals surface area contributed by atoms with Crippen molar-refractivity contribution in [1.29, 1.82) is 0 Å². The van der Waals surface area contributed by atoms with Gasteiger partial charge in [0.2, 0.25) is 0 Å². The van der Waals surface area contributed by atoms with Gasteiger partial charge in [-0.2, -0.15) is 0 Å². The van der Waals surface area contributed by atoms with E-state index in [4.69, 9.17) is 0 Å². The summed E-state index contributed by atoms with van der Waals surface area (Å²) in [6.45, 7) is 2.08. The molecule has 1 aromatic heterocycles. The molecule has 2 heteroatoms. The van der Waals surface area contributed by atoms with Crippen molar-refractivity contribution in [3.8, 4) is 0 Å². The van der Waals surface area contributed by atoms with Crippen LogP contribution in [0.1, 0.15) is 57.1 Å². The molecule has 2 rings (SSSR count). The van der Waals surface area contributed by atoms with Gasteiger partial charge in [0.05, 0.1) is 11.6 Å². The fourth-order valence-corrected chi connectivity index (χ4v) is 2.81. The van der Waals surface area contributed by atoms with Crippen LogP contribution in [0.15, 0.2) is 24.4 Å². The molecule has 2 nitrogen and oxygen atoms in total. The maximum Gasteiger partial charge on any atom is 0.144 e. The van der Waals surface area contributed by atoms with Crippen molar-refractivity contribution in [1.82, 2.24) is 4.98 Å². The molecule has 0 amide bonds. The van der Waals surface area contributed by atoms with Crippen LogP contribution in [0.2, 0.25) is 0 Å². The molecule has 1 saturated carbocycles. The molecular formula is C15H21NO. The largest absolute Gasteiger partial charge is 0.299 e. The zero-order valence-electron chi connectivity index (χ0n) is 10.6. The molecular weight excluding hydrogens is 210 g/mol. The van der Waals surface area contributed by atoms with Crippen molar-refractivity contribution in [2.24, 2.45) is 5.92 Å². The summed E-state index contributed by atoms with van der Waals surface area (Å²) in [5.41, 5.74) is 0.950. The van der Waals surface area contributed by atoms with E-state index in [1.807, 2.05) is 18.2 Å². The highest BCUT2D eigenvalue weighted by Crippen LogP contribution is 2.31. The van der Waals surface area contributed by atoms with Gasteiger partial charge in [-0.3, -0.25) is 9.78 Å². The molecule has 1 heterocycles. The summed E-state index contributed by atoms with van der Waals surface area (Å²) in [6, 6.07) is 5.86. The summed E-state index contributed by atoms with van der Waals surface area (Å²) in [6.07, 6.45) is 8.55. The Kier molecular flexibility index (Phi) is 4.29. The molecule has 0 radical (unpaired) electrons. The fraction of sp³-hybridized carbons (Fsp3) is 0.600. The van der Waals surface area contributed by atoms with Gasteiger partial charge in [0, 0.05) is 12.1 Å². The van der Waals surface area contributed by atoms with Gasteiger partial charge in [0.15, 0.2) is 0 Å². The Morgan fingerprint density at radius 3 is 2.71 bits per heavy atom. The number of hydrogen-bond acceptors (Lipinski definition) is 2. The van der Waals surface area contributed by atoms with E-state index in [2.05, 4.69) is 11.9 Å². The Hall–Kier alpha value is -1.18. The molecule has 92 valence electrons. The van der Waals surface area contributed by atoms with Gasteiger partial charge >= 0.3 is 0 Å². The lowest BCUT2D eigenvalue weighted by Gasteiger charge is -2.24. The van der Waals surface area contributed by atoms with Crippen molar-refractivity contribution in [3.05, 3.63) is 30.1 Å². The first kappa shape index (κ1) is 12.3. The minimum Gasteiger partial charge on any atom is -0.299 e. The van der Waals surface area contributed by atoms with Crippen molar-refractivity contribution in [3.63, 3.8) is 0 Å². The number of hydrogen-bond donors (Lipinski definition) is 0. The maximum atomic E-state index is 12.5. The second kappa shape index (κ2) is 5.95. The SMILES string of the molecule is CCC(C(=O)C1CCCCC1)c1ccccn1. The first-order valence-corrected chi connectivity index (χ1v) is 6.77. The number of carbonyl (C=O) groups is 1. The van der Waals surface area contributed by atoms with E-state index >= 15 is 0 Å². The molecule has 0 aliphatic heterocycles. The molecule has 0 bridgehead atoms. The van der Waals surface area contributed by atoms with E-state index in [1.165, 1.54) is 19.3 Å². The van der Waals surface area contributed by atoms with Gasteiger partial charge in [0.1, 0.15) is 5.78 Å². The first-order valence-electron chi connectivity index (χ1n) is 6.77. The molecule has 1 unspecified atom stereocenters. The van der Waals surface area contributed by atoms with Crippen LogP contribution in [-0.4, -0.2) is 10.8 Å². The van der Waals surface area contributed by atoms with Gasteiger partial charge in [-0.1, -0.05) is 32.3 Å². The van der Waals surface area contributed by atoms with Crippen molar-refractivity contribution < 1.29 is 4.79 Å². The highest BCUT2D eigenvalue weighted by Gasteiger charge is 2.28. The van der Waals surface area contributed by atoms with Crippen LogP contribution in [0, 0.1) is 5.92 Å². The summed E-state index contributed by atoms with van der Waals surface area (Å²) in [5, 5.41) is 0. The lowest BCUT2D eigenvalue weighted by molar-refractivity contribution is -0.125. The van der Waals surface area contributed by atoms with Crippen molar-refractivity contribution in [2.75, 3.05) is 0 Å². The van der Waals surface area contributed by atoms with Gasteiger partial charge in [-0.05, 0) is 31.4 Å². The second-order valence-electron chi connectivity index (χ2n) is 4.95. The molecule has 17 heavy (non-hydrogen) atoms. The highest BCUT2D eigenvalue weighted by atomic mass is 16.1. The number of carbonyl (C=O) groups excluding carboxylic acids is 1. The Balaban J connectivity index is 2.10. The predicted octanol–water partition coefficient (Wildman–Crippen LogP) is 3.72. The number of Topliss-reactive ketones (excluding diaryl/α,β-unsaturated/α-hetero) is 1. The molecule has 0 saturated heterocycles. The Morgan fingerprint density at radius 2 is 2.12 bits per heavy atom. The summed E-state index contributed by atoms with van der Waals surface area (Å²) in [7, 11) is 0. The van der Waals surface area contributed by atoms with Crippen LogP contribution in [0.4, 0.5) is 0 Å². The minimum absolute atomic E-state index is 0.0132. The van der Waals surface area contributed by atoms with Crippen molar-refractivity contribution in [2.45, 2.75) is 51.4 Å². The number of rotatable bonds is 4. The van der Waals surface area contributed by atoms with Crippen LogP contribution in [0.5, 0.6) is 0 Å². The maximum absolute atomic E-state index is 12.5.